The number of aromatic nitrogens is 2. The Morgan fingerprint density at radius 2 is 1.65 bits per heavy atom. The van der Waals surface area contributed by atoms with E-state index < -0.39 is 22.0 Å². The minimum absolute atomic E-state index is 0.0664. The first-order valence-electron chi connectivity index (χ1n) is 10.00. The van der Waals surface area contributed by atoms with Gasteiger partial charge in [0.05, 0.1) is 11.0 Å². The van der Waals surface area contributed by atoms with E-state index in [1.165, 1.54) is 14.3 Å². The van der Waals surface area contributed by atoms with E-state index in [-0.39, 0.29) is 25.6 Å². The Hall–Kier alpha value is -2.65. The third-order valence-electron chi connectivity index (χ3n) is 5.51. The predicted molar refractivity (Wildman–Crippen MR) is 113 cm³/mol. The van der Waals surface area contributed by atoms with Gasteiger partial charge >= 0.3 is 6.18 Å². The number of piperidine rings is 1. The van der Waals surface area contributed by atoms with E-state index in [0.717, 1.165) is 5.56 Å². The van der Waals surface area contributed by atoms with Crippen molar-refractivity contribution in [3.63, 3.8) is 0 Å². The van der Waals surface area contributed by atoms with Gasteiger partial charge in [0.2, 0.25) is 15.8 Å². The highest BCUT2D eigenvalue weighted by molar-refractivity contribution is 7.92. The van der Waals surface area contributed by atoms with Crippen LogP contribution in [0.5, 0.6) is 0 Å². The van der Waals surface area contributed by atoms with Crippen LogP contribution in [0.3, 0.4) is 0 Å². The zero-order chi connectivity index (χ0) is 22.1. The first-order chi connectivity index (χ1) is 14.7. The maximum absolute atomic E-state index is 13.5. The molecule has 2 aromatic carbocycles. The van der Waals surface area contributed by atoms with Crippen molar-refractivity contribution >= 4 is 27.1 Å². The minimum Gasteiger partial charge on any atom is -0.320 e. The zero-order valence-electron chi connectivity index (χ0n) is 16.7. The Kier molecular flexibility index (Phi) is 5.90. The number of alkyl halides is 3. The molecule has 0 amide bonds. The van der Waals surface area contributed by atoms with Crippen molar-refractivity contribution in [3.8, 4) is 0 Å². The van der Waals surface area contributed by atoms with Crippen molar-refractivity contribution < 1.29 is 21.6 Å². The van der Waals surface area contributed by atoms with E-state index in [1.54, 1.807) is 30.3 Å². The largest absolute Gasteiger partial charge is 0.449 e. The fourth-order valence-corrected chi connectivity index (χ4v) is 5.12. The van der Waals surface area contributed by atoms with Gasteiger partial charge in [-0.2, -0.15) is 17.5 Å². The van der Waals surface area contributed by atoms with Gasteiger partial charge in [0.15, 0.2) is 0 Å². The second-order valence-electron chi connectivity index (χ2n) is 7.63. The summed E-state index contributed by atoms with van der Waals surface area (Å²) >= 11 is 0. The van der Waals surface area contributed by atoms with Gasteiger partial charge in [-0.05, 0) is 42.5 Å². The molecular formula is C22H22F3N3O2S. The number of hydrogen-bond acceptors (Lipinski definition) is 3. The number of fused-ring (bicyclic) bond motifs is 1. The van der Waals surface area contributed by atoms with Crippen LogP contribution < -0.4 is 0 Å². The molecule has 0 unspecified atom stereocenters. The maximum Gasteiger partial charge on any atom is 0.449 e. The lowest BCUT2D eigenvalue weighted by Crippen LogP contribution is -2.38. The van der Waals surface area contributed by atoms with E-state index >= 15 is 0 Å². The van der Waals surface area contributed by atoms with Gasteiger partial charge in [-0.1, -0.05) is 42.5 Å². The molecule has 0 spiro atoms. The van der Waals surface area contributed by atoms with Crippen molar-refractivity contribution in [3.05, 3.63) is 71.4 Å². The van der Waals surface area contributed by atoms with Crippen molar-refractivity contribution in [2.24, 2.45) is 5.92 Å². The summed E-state index contributed by atoms with van der Waals surface area (Å²) in [5, 5.41) is 1.19. The van der Waals surface area contributed by atoms with Crippen LogP contribution in [0.15, 0.2) is 60.0 Å². The fraction of sp³-hybridized carbons (Fsp3) is 0.318. The molecule has 3 aromatic rings. The Morgan fingerprint density at radius 1 is 1.00 bits per heavy atom. The summed E-state index contributed by atoms with van der Waals surface area (Å²) in [5.74, 6) is -0.974. The van der Waals surface area contributed by atoms with Crippen LogP contribution in [0.25, 0.3) is 17.1 Å². The minimum atomic E-state index is -4.55. The van der Waals surface area contributed by atoms with E-state index in [4.69, 9.17) is 0 Å². The predicted octanol–water partition coefficient (Wildman–Crippen LogP) is 4.77. The molecule has 1 aliphatic heterocycles. The lowest BCUT2D eigenvalue weighted by atomic mass is 9.98. The standard InChI is InChI=1S/C22H22F3N3O2S/c23-22(24,25)21-26-19-8-4-5-9-20(19)28(21)16-18-10-13-27(14-11-18)31(29,30)15-12-17-6-2-1-3-7-17/h1-9,12,15,18H,10-11,13-14,16H2/b15-12+. The third kappa shape index (κ3) is 4.83. The molecule has 1 saturated heterocycles. The molecule has 0 atom stereocenters. The maximum atomic E-state index is 13.5. The van der Waals surface area contributed by atoms with Crippen LogP contribution >= 0.6 is 0 Å². The smallest absolute Gasteiger partial charge is 0.320 e. The van der Waals surface area contributed by atoms with Crippen LogP contribution in [0.2, 0.25) is 0 Å². The first kappa shape index (κ1) is 21.6. The summed E-state index contributed by atoms with van der Waals surface area (Å²) in [6.45, 7) is 0.712. The van der Waals surface area contributed by atoms with Crippen molar-refractivity contribution in [2.75, 3.05) is 13.1 Å². The van der Waals surface area contributed by atoms with Crippen LogP contribution in [0.1, 0.15) is 24.2 Å². The van der Waals surface area contributed by atoms with Crippen molar-refractivity contribution in [1.29, 1.82) is 0 Å². The van der Waals surface area contributed by atoms with Gasteiger partial charge in [0.1, 0.15) is 0 Å². The van der Waals surface area contributed by atoms with E-state index in [0.29, 0.717) is 23.9 Å². The number of halogens is 3. The van der Waals surface area contributed by atoms with Gasteiger partial charge in [-0.25, -0.2) is 13.4 Å². The summed E-state index contributed by atoms with van der Waals surface area (Å²) < 4.78 is 68.4. The molecule has 4 rings (SSSR count). The second kappa shape index (κ2) is 8.47. The molecule has 0 radical (unpaired) electrons. The van der Waals surface area contributed by atoms with Gasteiger partial charge in [0, 0.05) is 25.0 Å². The molecule has 0 saturated carbocycles. The number of nitrogens with zero attached hydrogens (tertiary/aromatic N) is 3. The molecule has 0 aliphatic carbocycles. The number of rotatable bonds is 5. The molecule has 2 heterocycles. The van der Waals surface area contributed by atoms with Gasteiger partial charge in [-0.15, -0.1) is 0 Å². The summed E-state index contributed by atoms with van der Waals surface area (Å²) in [5.41, 5.74) is 1.53. The topological polar surface area (TPSA) is 55.2 Å². The van der Waals surface area contributed by atoms with Crippen molar-refractivity contribution in [1.82, 2.24) is 13.9 Å². The normalized spacial score (nSPS) is 17.0. The van der Waals surface area contributed by atoms with E-state index in [9.17, 15) is 21.6 Å². The van der Waals surface area contributed by atoms with Crippen molar-refractivity contribution in [2.45, 2.75) is 25.6 Å². The number of imidazole rings is 1. The Balaban J connectivity index is 1.46. The average Bonchev–Trinajstić information content (AvgIpc) is 3.13. The fourth-order valence-electron chi connectivity index (χ4n) is 3.90. The molecule has 0 bridgehead atoms. The molecule has 31 heavy (non-hydrogen) atoms. The summed E-state index contributed by atoms with van der Waals surface area (Å²) in [7, 11) is -3.58. The molecule has 5 nitrogen and oxygen atoms in total. The third-order valence-corrected chi connectivity index (χ3v) is 7.08. The Labute approximate surface area is 178 Å². The van der Waals surface area contributed by atoms with Crippen LogP contribution in [0, 0.1) is 5.92 Å². The lowest BCUT2D eigenvalue weighted by Gasteiger charge is -2.31. The molecule has 1 aromatic heterocycles. The quantitative estimate of drug-likeness (QED) is 0.564. The molecule has 1 fully saturated rings. The molecule has 9 heteroatoms. The van der Waals surface area contributed by atoms with Gasteiger partial charge in [-0.3, -0.25) is 0 Å². The number of benzene rings is 2. The molecule has 0 N–H and O–H groups in total. The second-order valence-corrected chi connectivity index (χ2v) is 9.45. The summed E-state index contributed by atoms with van der Waals surface area (Å²) in [4.78, 5) is 3.78. The SMILES string of the molecule is O=S(=O)(/C=C/c1ccccc1)N1CCC(Cn2c(C(F)(F)F)nc3ccccc32)CC1. The molecule has 1 aliphatic rings. The zero-order valence-corrected chi connectivity index (χ0v) is 17.5. The molecule has 164 valence electrons. The highest BCUT2D eigenvalue weighted by atomic mass is 32.2. The van der Waals surface area contributed by atoms with E-state index in [2.05, 4.69) is 4.98 Å². The lowest BCUT2D eigenvalue weighted by molar-refractivity contribution is -0.147. The number of sulfonamides is 1. The van der Waals surface area contributed by atoms with Gasteiger partial charge in [0.25, 0.3) is 0 Å². The number of para-hydroxylation sites is 2. The number of hydrogen-bond donors (Lipinski definition) is 0. The van der Waals surface area contributed by atoms with Crippen LogP contribution in [-0.4, -0.2) is 35.4 Å². The van der Waals surface area contributed by atoms with Gasteiger partial charge < -0.3 is 4.57 Å². The van der Waals surface area contributed by atoms with E-state index in [1.807, 2.05) is 30.3 Å². The monoisotopic (exact) mass is 449 g/mol. The Bertz CT molecular complexity index is 1180. The van der Waals surface area contributed by atoms with Crippen LogP contribution in [-0.2, 0) is 22.7 Å². The highest BCUT2D eigenvalue weighted by Crippen LogP contribution is 2.33. The first-order valence-corrected chi connectivity index (χ1v) is 11.5. The summed E-state index contributed by atoms with van der Waals surface area (Å²) in [6, 6.07) is 15.7. The highest BCUT2D eigenvalue weighted by Gasteiger charge is 2.38. The average molecular weight is 449 g/mol. The Morgan fingerprint density at radius 3 is 2.32 bits per heavy atom. The summed E-state index contributed by atoms with van der Waals surface area (Å²) in [6.07, 6.45) is -2.02. The van der Waals surface area contributed by atoms with Crippen LogP contribution in [0.4, 0.5) is 13.2 Å². The molecular weight excluding hydrogens is 427 g/mol.